The Kier molecular flexibility index (Phi) is 7.94. The summed E-state index contributed by atoms with van der Waals surface area (Å²) in [5.74, 6) is -3.25. The van der Waals surface area contributed by atoms with Gasteiger partial charge in [-0.1, -0.05) is 62.7 Å². The first-order chi connectivity index (χ1) is 16.9. The number of ether oxygens (including phenoxy) is 1. The maximum absolute atomic E-state index is 14.8. The average Bonchev–Trinajstić information content (AvgIpc) is 2.87. The fourth-order valence-electron chi connectivity index (χ4n) is 4.90. The lowest BCUT2D eigenvalue weighted by Gasteiger charge is -2.29. The van der Waals surface area contributed by atoms with Crippen LogP contribution >= 0.6 is 0 Å². The van der Waals surface area contributed by atoms with E-state index in [2.05, 4.69) is 6.92 Å². The normalized spacial score (nSPS) is 17.9. The first-order valence-electron chi connectivity index (χ1n) is 12.5. The Hall–Kier alpha value is -3.08. The van der Waals surface area contributed by atoms with Gasteiger partial charge in [-0.3, -0.25) is 0 Å². The molecule has 0 heterocycles. The van der Waals surface area contributed by atoms with Crippen molar-refractivity contribution >= 4 is 5.97 Å². The van der Waals surface area contributed by atoms with Crippen LogP contribution in [0.25, 0.3) is 11.1 Å². The standard InChI is InChI=1S/C30H31F3O2/c1-3-5-20-8-15-24(27(31)18-20)21-11-13-23(14-12-21)35-30(34)26-17-16-25(28(32)29(26)33)22-9-6-19(4-2)7-10-22/h6-10,15-18,21,23H,3-5,11-14H2,1-2H3. The fourth-order valence-corrected chi connectivity index (χ4v) is 4.90. The van der Waals surface area contributed by atoms with Crippen LogP contribution in [0.15, 0.2) is 54.6 Å². The van der Waals surface area contributed by atoms with Gasteiger partial charge in [-0.15, -0.1) is 0 Å². The molecule has 0 aliphatic heterocycles. The van der Waals surface area contributed by atoms with E-state index in [4.69, 9.17) is 4.74 Å². The van der Waals surface area contributed by atoms with Crippen molar-refractivity contribution in [1.82, 2.24) is 0 Å². The molecule has 3 aromatic rings. The molecule has 1 aliphatic rings. The highest BCUT2D eigenvalue weighted by atomic mass is 19.2. The smallest absolute Gasteiger partial charge is 0.341 e. The number of halogens is 3. The van der Waals surface area contributed by atoms with Crippen LogP contribution in [0.4, 0.5) is 13.2 Å². The summed E-state index contributed by atoms with van der Waals surface area (Å²) in [5.41, 5.74) is 3.04. The molecular formula is C30H31F3O2. The summed E-state index contributed by atoms with van der Waals surface area (Å²) < 4.78 is 49.7. The van der Waals surface area contributed by atoms with E-state index in [1.807, 2.05) is 31.2 Å². The summed E-state index contributed by atoms with van der Waals surface area (Å²) in [6.45, 7) is 4.08. The quantitative estimate of drug-likeness (QED) is 0.319. The maximum atomic E-state index is 14.8. The van der Waals surface area contributed by atoms with Gasteiger partial charge in [0.05, 0.1) is 5.56 Å². The van der Waals surface area contributed by atoms with Gasteiger partial charge >= 0.3 is 5.97 Å². The number of benzene rings is 3. The van der Waals surface area contributed by atoms with Crippen LogP contribution in [0.5, 0.6) is 0 Å². The van der Waals surface area contributed by atoms with Crippen molar-refractivity contribution < 1.29 is 22.7 Å². The molecule has 0 atom stereocenters. The van der Waals surface area contributed by atoms with Gasteiger partial charge in [0, 0.05) is 5.56 Å². The number of rotatable bonds is 7. The predicted octanol–water partition coefficient (Wildman–Crippen LogP) is 8.17. The van der Waals surface area contributed by atoms with Gasteiger partial charge in [0.25, 0.3) is 0 Å². The Bertz CT molecular complexity index is 1180. The Balaban J connectivity index is 1.39. The van der Waals surface area contributed by atoms with Gasteiger partial charge in [-0.2, -0.15) is 0 Å². The van der Waals surface area contributed by atoms with Crippen molar-refractivity contribution in [3.8, 4) is 11.1 Å². The largest absolute Gasteiger partial charge is 0.459 e. The lowest BCUT2D eigenvalue weighted by Crippen LogP contribution is -2.25. The molecule has 184 valence electrons. The Morgan fingerprint density at radius 2 is 1.54 bits per heavy atom. The third-order valence-corrected chi connectivity index (χ3v) is 6.97. The molecule has 3 aromatic carbocycles. The summed E-state index contributed by atoms with van der Waals surface area (Å²) in [5, 5.41) is 0. The minimum absolute atomic E-state index is 0.0631. The van der Waals surface area contributed by atoms with Gasteiger partial charge in [-0.05, 0) is 78.8 Å². The van der Waals surface area contributed by atoms with Crippen LogP contribution in [-0.4, -0.2) is 12.1 Å². The van der Waals surface area contributed by atoms with Gasteiger partial charge < -0.3 is 4.74 Å². The minimum Gasteiger partial charge on any atom is -0.459 e. The molecule has 0 aromatic heterocycles. The zero-order chi connectivity index (χ0) is 24.9. The van der Waals surface area contributed by atoms with Crippen LogP contribution < -0.4 is 0 Å². The zero-order valence-corrected chi connectivity index (χ0v) is 20.3. The Labute approximate surface area is 205 Å². The van der Waals surface area contributed by atoms with Gasteiger partial charge in [0.2, 0.25) is 0 Å². The van der Waals surface area contributed by atoms with Crippen molar-refractivity contribution in [3.63, 3.8) is 0 Å². The topological polar surface area (TPSA) is 26.3 Å². The third kappa shape index (κ3) is 5.61. The summed E-state index contributed by atoms with van der Waals surface area (Å²) in [4.78, 5) is 12.6. The molecule has 0 amide bonds. The second-order valence-electron chi connectivity index (χ2n) is 9.32. The molecule has 0 saturated heterocycles. The molecule has 2 nitrogen and oxygen atoms in total. The van der Waals surface area contributed by atoms with Crippen molar-refractivity contribution in [2.24, 2.45) is 0 Å². The predicted molar refractivity (Wildman–Crippen MR) is 132 cm³/mol. The molecule has 4 rings (SSSR count). The number of aryl methyl sites for hydroxylation is 2. The lowest BCUT2D eigenvalue weighted by atomic mass is 9.82. The summed E-state index contributed by atoms with van der Waals surface area (Å²) in [7, 11) is 0. The van der Waals surface area contributed by atoms with Gasteiger partial charge in [-0.25, -0.2) is 18.0 Å². The van der Waals surface area contributed by atoms with Crippen molar-refractivity contribution in [2.45, 2.75) is 70.8 Å². The van der Waals surface area contributed by atoms with E-state index in [1.54, 1.807) is 18.2 Å². The number of carbonyl (C=O) groups is 1. The molecule has 1 fully saturated rings. The first-order valence-corrected chi connectivity index (χ1v) is 12.5. The lowest BCUT2D eigenvalue weighted by molar-refractivity contribution is 0.0188. The fraction of sp³-hybridized carbons (Fsp3) is 0.367. The third-order valence-electron chi connectivity index (χ3n) is 6.97. The SMILES string of the molecule is CCCc1ccc(C2CCC(OC(=O)c3ccc(-c4ccc(CC)cc4)c(F)c3F)CC2)c(F)c1. The zero-order valence-electron chi connectivity index (χ0n) is 20.3. The van der Waals surface area contributed by atoms with E-state index in [1.165, 1.54) is 12.1 Å². The maximum Gasteiger partial charge on any atom is 0.341 e. The van der Waals surface area contributed by atoms with Crippen molar-refractivity contribution in [2.75, 3.05) is 0 Å². The second kappa shape index (κ2) is 11.1. The van der Waals surface area contributed by atoms with E-state index < -0.39 is 29.3 Å². The average molecular weight is 481 g/mol. The van der Waals surface area contributed by atoms with E-state index in [0.717, 1.165) is 30.4 Å². The number of hydrogen-bond donors (Lipinski definition) is 0. The molecule has 0 unspecified atom stereocenters. The molecule has 0 N–H and O–H groups in total. The van der Waals surface area contributed by atoms with Gasteiger partial charge in [0.1, 0.15) is 11.9 Å². The monoisotopic (exact) mass is 480 g/mol. The Morgan fingerprint density at radius 1 is 0.857 bits per heavy atom. The molecule has 1 aliphatic carbocycles. The van der Waals surface area contributed by atoms with Crippen LogP contribution in [0, 0.1) is 17.5 Å². The molecule has 0 radical (unpaired) electrons. The van der Waals surface area contributed by atoms with Crippen molar-refractivity contribution in [3.05, 3.63) is 94.3 Å². The first kappa shape index (κ1) is 25.0. The summed E-state index contributed by atoms with van der Waals surface area (Å²) in [6.07, 6.45) is 4.72. The second-order valence-corrected chi connectivity index (χ2v) is 9.32. The van der Waals surface area contributed by atoms with Crippen LogP contribution in [0.2, 0.25) is 0 Å². The highest BCUT2D eigenvalue weighted by Crippen LogP contribution is 2.36. The minimum atomic E-state index is -1.20. The number of carbonyl (C=O) groups excluding carboxylic acids is 1. The molecule has 5 heteroatoms. The summed E-state index contributed by atoms with van der Waals surface area (Å²) in [6, 6.07) is 15.4. The number of hydrogen-bond acceptors (Lipinski definition) is 2. The molecule has 0 spiro atoms. The Morgan fingerprint density at radius 3 is 2.17 bits per heavy atom. The van der Waals surface area contributed by atoms with Crippen LogP contribution in [-0.2, 0) is 17.6 Å². The number of esters is 1. The highest BCUT2D eigenvalue weighted by Gasteiger charge is 2.28. The highest BCUT2D eigenvalue weighted by molar-refractivity contribution is 5.90. The van der Waals surface area contributed by atoms with Gasteiger partial charge in [0.15, 0.2) is 11.6 Å². The van der Waals surface area contributed by atoms with Crippen LogP contribution in [0.3, 0.4) is 0 Å². The molecule has 0 bridgehead atoms. The van der Waals surface area contributed by atoms with Crippen molar-refractivity contribution in [1.29, 1.82) is 0 Å². The van der Waals surface area contributed by atoms with E-state index in [9.17, 15) is 18.0 Å². The molecule has 35 heavy (non-hydrogen) atoms. The molecule has 1 saturated carbocycles. The van der Waals surface area contributed by atoms with E-state index in [-0.39, 0.29) is 17.3 Å². The van der Waals surface area contributed by atoms with E-state index >= 15 is 0 Å². The van der Waals surface area contributed by atoms with Crippen LogP contribution in [0.1, 0.15) is 78.9 Å². The molecular weight excluding hydrogens is 449 g/mol. The van der Waals surface area contributed by atoms with E-state index in [0.29, 0.717) is 36.8 Å². The summed E-state index contributed by atoms with van der Waals surface area (Å²) >= 11 is 0.